The Labute approximate surface area is 137 Å². The van der Waals surface area contributed by atoms with Crippen molar-refractivity contribution in [3.63, 3.8) is 0 Å². The molecule has 2 aromatic heterocycles. The van der Waals surface area contributed by atoms with Crippen molar-refractivity contribution in [2.24, 2.45) is 0 Å². The number of aromatic nitrogens is 2. The van der Waals surface area contributed by atoms with Gasteiger partial charge in [0.05, 0.1) is 4.88 Å². The highest BCUT2D eigenvalue weighted by Gasteiger charge is 2.22. The van der Waals surface area contributed by atoms with E-state index in [1.807, 2.05) is 0 Å². The summed E-state index contributed by atoms with van der Waals surface area (Å²) < 4.78 is 6.43. The van der Waals surface area contributed by atoms with E-state index in [9.17, 15) is 9.59 Å². The number of rotatable bonds is 3. The Morgan fingerprint density at radius 3 is 2.78 bits per heavy atom. The van der Waals surface area contributed by atoms with Crippen LogP contribution in [0.1, 0.15) is 36.1 Å². The van der Waals surface area contributed by atoms with Crippen LogP contribution in [0.5, 0.6) is 0 Å². The van der Waals surface area contributed by atoms with Crippen LogP contribution in [0.2, 0.25) is 0 Å². The molecule has 0 radical (unpaired) electrons. The van der Waals surface area contributed by atoms with E-state index in [4.69, 9.17) is 4.42 Å². The number of amides is 1. The minimum absolute atomic E-state index is 0.0343. The molecule has 0 N–H and O–H groups in total. The standard InChI is InChI=1S/C16H19N3O3S/c20-14(18-7-3-4-8-18)10-19-16(21)22-15(17-19)13-9-11-5-1-2-6-12(11)23-13/h9H,1-8,10H2. The maximum atomic E-state index is 12.2. The zero-order valence-corrected chi connectivity index (χ0v) is 13.7. The van der Waals surface area contributed by atoms with Gasteiger partial charge in [-0.1, -0.05) is 0 Å². The van der Waals surface area contributed by atoms with E-state index in [1.165, 1.54) is 23.3 Å². The van der Waals surface area contributed by atoms with E-state index in [0.29, 0.717) is 5.89 Å². The fraction of sp³-hybridized carbons (Fsp3) is 0.562. The maximum absolute atomic E-state index is 12.2. The number of aryl methyl sites for hydroxylation is 2. The zero-order chi connectivity index (χ0) is 15.8. The summed E-state index contributed by atoms with van der Waals surface area (Å²) in [4.78, 5) is 28.2. The molecule has 0 atom stereocenters. The number of carbonyl (C=O) groups is 1. The topological polar surface area (TPSA) is 68.3 Å². The number of carbonyl (C=O) groups excluding carboxylic acids is 1. The lowest BCUT2D eigenvalue weighted by Gasteiger charge is -2.13. The summed E-state index contributed by atoms with van der Waals surface area (Å²) in [6.07, 6.45) is 6.68. The molecule has 0 spiro atoms. The van der Waals surface area contributed by atoms with Crippen molar-refractivity contribution >= 4 is 17.2 Å². The van der Waals surface area contributed by atoms with Gasteiger partial charge in [-0.25, -0.2) is 4.79 Å². The van der Waals surface area contributed by atoms with Crippen molar-refractivity contribution in [1.29, 1.82) is 0 Å². The largest absolute Gasteiger partial charge is 0.437 e. The summed E-state index contributed by atoms with van der Waals surface area (Å²) in [5, 5.41) is 4.24. The van der Waals surface area contributed by atoms with Crippen LogP contribution >= 0.6 is 11.3 Å². The second-order valence-electron chi connectivity index (χ2n) is 6.18. The van der Waals surface area contributed by atoms with Gasteiger partial charge in [0.2, 0.25) is 5.91 Å². The molecule has 0 aromatic carbocycles. The number of hydrogen-bond donors (Lipinski definition) is 0. The van der Waals surface area contributed by atoms with Gasteiger partial charge in [0, 0.05) is 18.0 Å². The lowest BCUT2D eigenvalue weighted by Crippen LogP contribution is -2.33. The third-order valence-corrected chi connectivity index (χ3v) is 5.78. The zero-order valence-electron chi connectivity index (χ0n) is 12.9. The van der Waals surface area contributed by atoms with Crippen LogP contribution in [-0.4, -0.2) is 33.7 Å². The summed E-state index contributed by atoms with van der Waals surface area (Å²) in [6.45, 7) is 1.51. The molecule has 0 bridgehead atoms. The van der Waals surface area contributed by atoms with Crippen molar-refractivity contribution in [3.05, 3.63) is 27.1 Å². The molecular weight excluding hydrogens is 314 g/mol. The van der Waals surface area contributed by atoms with Crippen molar-refractivity contribution in [1.82, 2.24) is 14.7 Å². The molecule has 1 aliphatic carbocycles. The fourth-order valence-electron chi connectivity index (χ4n) is 3.30. The van der Waals surface area contributed by atoms with E-state index in [0.717, 1.165) is 48.3 Å². The molecule has 0 unspecified atom stereocenters. The van der Waals surface area contributed by atoms with Gasteiger partial charge in [-0.15, -0.1) is 16.4 Å². The van der Waals surface area contributed by atoms with Gasteiger partial charge < -0.3 is 9.32 Å². The van der Waals surface area contributed by atoms with Crippen LogP contribution in [0, 0.1) is 0 Å². The maximum Gasteiger partial charge on any atom is 0.437 e. The lowest BCUT2D eigenvalue weighted by atomic mass is 9.99. The Morgan fingerprint density at radius 2 is 2.00 bits per heavy atom. The molecule has 23 heavy (non-hydrogen) atoms. The van der Waals surface area contributed by atoms with Crippen LogP contribution in [0.3, 0.4) is 0 Å². The molecule has 122 valence electrons. The summed E-state index contributed by atoms with van der Waals surface area (Å²) in [5.41, 5.74) is 1.35. The van der Waals surface area contributed by atoms with Crippen molar-refractivity contribution in [2.75, 3.05) is 13.1 Å². The van der Waals surface area contributed by atoms with Crippen LogP contribution in [0.15, 0.2) is 15.3 Å². The number of likely N-dealkylation sites (tertiary alicyclic amines) is 1. The Morgan fingerprint density at radius 1 is 1.22 bits per heavy atom. The molecular formula is C16H19N3O3S. The van der Waals surface area contributed by atoms with Crippen molar-refractivity contribution in [3.8, 4) is 10.8 Å². The number of hydrogen-bond acceptors (Lipinski definition) is 5. The average Bonchev–Trinajstić information content (AvgIpc) is 3.26. The monoisotopic (exact) mass is 333 g/mol. The molecule has 1 aliphatic heterocycles. The van der Waals surface area contributed by atoms with E-state index < -0.39 is 5.76 Å². The first kappa shape index (κ1) is 14.7. The van der Waals surface area contributed by atoms with E-state index in [1.54, 1.807) is 16.2 Å². The normalized spacial score (nSPS) is 17.5. The van der Waals surface area contributed by atoms with Gasteiger partial charge in [-0.2, -0.15) is 4.68 Å². The number of thiophene rings is 1. The molecule has 7 heteroatoms. The van der Waals surface area contributed by atoms with Gasteiger partial charge >= 0.3 is 5.76 Å². The van der Waals surface area contributed by atoms with Crippen LogP contribution < -0.4 is 5.76 Å². The van der Waals surface area contributed by atoms with E-state index in [-0.39, 0.29) is 12.5 Å². The third kappa shape index (κ3) is 2.85. The highest BCUT2D eigenvalue weighted by molar-refractivity contribution is 7.15. The molecule has 2 aliphatic rings. The van der Waals surface area contributed by atoms with Crippen molar-refractivity contribution < 1.29 is 9.21 Å². The summed E-state index contributed by atoms with van der Waals surface area (Å²) in [7, 11) is 0. The fourth-order valence-corrected chi connectivity index (χ4v) is 4.47. The Hall–Kier alpha value is -1.89. The molecule has 4 rings (SSSR count). The molecule has 0 saturated carbocycles. The molecule has 1 saturated heterocycles. The second-order valence-corrected chi connectivity index (χ2v) is 7.32. The highest BCUT2D eigenvalue weighted by atomic mass is 32.1. The second kappa shape index (κ2) is 5.96. The van der Waals surface area contributed by atoms with Crippen LogP contribution in [-0.2, 0) is 24.2 Å². The van der Waals surface area contributed by atoms with Gasteiger partial charge in [-0.05, 0) is 50.2 Å². The molecule has 1 fully saturated rings. The first-order valence-electron chi connectivity index (χ1n) is 8.18. The van der Waals surface area contributed by atoms with Crippen molar-refractivity contribution in [2.45, 2.75) is 45.1 Å². The van der Waals surface area contributed by atoms with Crippen LogP contribution in [0.25, 0.3) is 10.8 Å². The molecule has 1 amide bonds. The summed E-state index contributed by atoms with van der Waals surface area (Å²) in [6, 6.07) is 2.08. The minimum atomic E-state index is -0.557. The molecule has 2 aromatic rings. The summed E-state index contributed by atoms with van der Waals surface area (Å²) >= 11 is 1.65. The predicted octanol–water partition coefficient (Wildman–Crippen LogP) is 2.07. The number of nitrogens with zero attached hydrogens (tertiary/aromatic N) is 3. The number of fused-ring (bicyclic) bond motifs is 1. The Bertz CT molecular complexity index is 759. The minimum Gasteiger partial charge on any atom is -0.387 e. The first-order valence-corrected chi connectivity index (χ1v) is 9.00. The first-order chi connectivity index (χ1) is 11.2. The lowest BCUT2D eigenvalue weighted by molar-refractivity contribution is -0.131. The highest BCUT2D eigenvalue weighted by Crippen LogP contribution is 2.34. The van der Waals surface area contributed by atoms with Gasteiger partial charge in [0.25, 0.3) is 5.89 Å². The summed E-state index contributed by atoms with van der Waals surface area (Å²) in [5.74, 6) is -0.280. The third-order valence-electron chi connectivity index (χ3n) is 4.56. The smallest absolute Gasteiger partial charge is 0.387 e. The van der Waals surface area contributed by atoms with Gasteiger partial charge in [0.15, 0.2) is 0 Å². The SMILES string of the molecule is O=C(Cn1nc(-c2cc3c(s2)CCCC3)oc1=O)N1CCCC1. The van der Waals surface area contributed by atoms with E-state index >= 15 is 0 Å². The van der Waals surface area contributed by atoms with Crippen LogP contribution in [0.4, 0.5) is 0 Å². The Kier molecular flexibility index (Phi) is 3.80. The van der Waals surface area contributed by atoms with E-state index in [2.05, 4.69) is 11.2 Å². The predicted molar refractivity (Wildman–Crippen MR) is 86.5 cm³/mol. The average molecular weight is 333 g/mol. The molecule has 3 heterocycles. The van der Waals surface area contributed by atoms with Gasteiger partial charge in [0.1, 0.15) is 6.54 Å². The molecule has 6 nitrogen and oxygen atoms in total. The van der Waals surface area contributed by atoms with Gasteiger partial charge in [-0.3, -0.25) is 4.79 Å². The quantitative estimate of drug-likeness (QED) is 0.862. The Balaban J connectivity index is 1.56.